The summed E-state index contributed by atoms with van der Waals surface area (Å²) in [5.41, 5.74) is 0.726. The Morgan fingerprint density at radius 1 is 1.50 bits per heavy atom. The molecule has 1 atom stereocenters. The summed E-state index contributed by atoms with van der Waals surface area (Å²) >= 11 is 0. The van der Waals surface area contributed by atoms with Gasteiger partial charge >= 0.3 is 0 Å². The van der Waals surface area contributed by atoms with E-state index < -0.39 is 15.8 Å². The van der Waals surface area contributed by atoms with Crippen molar-refractivity contribution in [3.05, 3.63) is 29.6 Å². The van der Waals surface area contributed by atoms with E-state index in [9.17, 15) is 12.8 Å². The van der Waals surface area contributed by atoms with E-state index in [2.05, 4.69) is 5.32 Å². The zero-order chi connectivity index (χ0) is 14.8. The molecule has 0 amide bonds. The van der Waals surface area contributed by atoms with Gasteiger partial charge in [-0.15, -0.1) is 0 Å². The van der Waals surface area contributed by atoms with Crippen molar-refractivity contribution in [3.63, 3.8) is 0 Å². The number of nitrogens with zero attached hydrogens (tertiary/aromatic N) is 1. The molecule has 5 nitrogen and oxygen atoms in total. The van der Waals surface area contributed by atoms with Crippen molar-refractivity contribution in [1.29, 1.82) is 0 Å². The topological polar surface area (TPSA) is 58.6 Å². The molecule has 1 unspecified atom stereocenters. The van der Waals surface area contributed by atoms with Gasteiger partial charge < -0.3 is 10.1 Å². The maximum Gasteiger partial charge on any atom is 0.246 e. The summed E-state index contributed by atoms with van der Waals surface area (Å²) in [4.78, 5) is -0.278. The molecule has 0 bridgehead atoms. The summed E-state index contributed by atoms with van der Waals surface area (Å²) in [5.74, 6) is -0.726. The summed E-state index contributed by atoms with van der Waals surface area (Å²) in [6.07, 6.45) is 0.632. The number of hydrogen-bond acceptors (Lipinski definition) is 4. The van der Waals surface area contributed by atoms with E-state index in [1.807, 2.05) is 0 Å². The van der Waals surface area contributed by atoms with E-state index >= 15 is 0 Å². The number of rotatable bonds is 5. The molecule has 0 saturated carbocycles. The Bertz CT molecular complexity index is 571. The molecule has 0 spiro atoms. The largest absolute Gasteiger partial charge is 0.380 e. The second-order valence-corrected chi connectivity index (χ2v) is 6.80. The maximum absolute atomic E-state index is 13.9. The second kappa shape index (κ2) is 6.17. The SMILES string of the molecule is CNCc1ccc(F)c(S(=O)(=O)N(C)C2CCOC2)c1. The van der Waals surface area contributed by atoms with Gasteiger partial charge in [-0.3, -0.25) is 0 Å². The molecular formula is C13H19FN2O3S. The first-order valence-corrected chi connectivity index (χ1v) is 7.89. The van der Waals surface area contributed by atoms with Gasteiger partial charge in [0.2, 0.25) is 10.0 Å². The van der Waals surface area contributed by atoms with Crippen LogP contribution in [0.4, 0.5) is 4.39 Å². The van der Waals surface area contributed by atoms with E-state index in [0.29, 0.717) is 26.2 Å². The molecule has 1 aliphatic heterocycles. The molecular weight excluding hydrogens is 283 g/mol. The van der Waals surface area contributed by atoms with Crippen LogP contribution in [0.1, 0.15) is 12.0 Å². The third kappa shape index (κ3) is 3.01. The van der Waals surface area contributed by atoms with Crippen molar-refractivity contribution in [1.82, 2.24) is 9.62 Å². The first-order valence-electron chi connectivity index (χ1n) is 6.45. The average Bonchev–Trinajstić information content (AvgIpc) is 2.94. The quantitative estimate of drug-likeness (QED) is 0.880. The van der Waals surface area contributed by atoms with Crippen LogP contribution in [0.2, 0.25) is 0 Å². The molecule has 1 aromatic rings. The van der Waals surface area contributed by atoms with Gasteiger partial charge in [0, 0.05) is 20.2 Å². The van der Waals surface area contributed by atoms with Gasteiger partial charge in [-0.1, -0.05) is 6.07 Å². The van der Waals surface area contributed by atoms with E-state index in [1.165, 1.54) is 23.5 Å². The Hall–Kier alpha value is -1.02. The van der Waals surface area contributed by atoms with Crippen LogP contribution in [0.3, 0.4) is 0 Å². The van der Waals surface area contributed by atoms with Crippen LogP contribution in [0, 0.1) is 5.82 Å². The molecule has 112 valence electrons. The van der Waals surface area contributed by atoms with Gasteiger partial charge in [0.1, 0.15) is 10.7 Å². The lowest BCUT2D eigenvalue weighted by Gasteiger charge is -2.23. The summed E-state index contributed by atoms with van der Waals surface area (Å²) in [7, 11) is -0.623. The zero-order valence-corrected chi connectivity index (χ0v) is 12.4. The second-order valence-electron chi connectivity index (χ2n) is 4.83. The Morgan fingerprint density at radius 3 is 2.85 bits per heavy atom. The van der Waals surface area contributed by atoms with E-state index in [-0.39, 0.29) is 10.9 Å². The van der Waals surface area contributed by atoms with Gasteiger partial charge in [0.15, 0.2) is 0 Å². The van der Waals surface area contributed by atoms with Crippen molar-refractivity contribution >= 4 is 10.0 Å². The van der Waals surface area contributed by atoms with E-state index in [4.69, 9.17) is 4.74 Å². The number of benzene rings is 1. The lowest BCUT2D eigenvalue weighted by molar-refractivity contribution is 0.180. The Kier molecular flexibility index (Phi) is 4.74. The fourth-order valence-corrected chi connectivity index (χ4v) is 3.70. The summed E-state index contributed by atoms with van der Waals surface area (Å²) in [6, 6.07) is 3.92. The van der Waals surface area contributed by atoms with Crippen LogP contribution < -0.4 is 5.32 Å². The molecule has 7 heteroatoms. The third-order valence-corrected chi connectivity index (χ3v) is 5.38. The van der Waals surface area contributed by atoms with Gasteiger partial charge in [-0.2, -0.15) is 4.31 Å². The van der Waals surface area contributed by atoms with Crippen LogP contribution in [0.25, 0.3) is 0 Å². The minimum atomic E-state index is -3.84. The first kappa shape index (κ1) is 15.4. The van der Waals surface area contributed by atoms with Crippen LogP contribution in [0.15, 0.2) is 23.1 Å². The highest BCUT2D eigenvalue weighted by molar-refractivity contribution is 7.89. The minimum Gasteiger partial charge on any atom is -0.380 e. The molecule has 0 aliphatic carbocycles. The monoisotopic (exact) mass is 302 g/mol. The lowest BCUT2D eigenvalue weighted by atomic mass is 10.2. The normalized spacial score (nSPS) is 19.7. The predicted octanol–water partition coefficient (Wildman–Crippen LogP) is 0.954. The van der Waals surface area contributed by atoms with Crippen molar-refractivity contribution in [2.75, 3.05) is 27.3 Å². The molecule has 0 aromatic heterocycles. The molecule has 20 heavy (non-hydrogen) atoms. The van der Waals surface area contributed by atoms with E-state index in [1.54, 1.807) is 13.1 Å². The number of halogens is 1. The van der Waals surface area contributed by atoms with Crippen LogP contribution in [-0.4, -0.2) is 46.1 Å². The highest BCUT2D eigenvalue weighted by Crippen LogP contribution is 2.24. The predicted molar refractivity (Wildman–Crippen MR) is 73.3 cm³/mol. The lowest BCUT2D eigenvalue weighted by Crippen LogP contribution is -2.37. The number of sulfonamides is 1. The smallest absolute Gasteiger partial charge is 0.246 e. The standard InChI is InChI=1S/C13H19FN2O3S/c1-15-8-10-3-4-12(14)13(7-10)20(17,18)16(2)11-5-6-19-9-11/h3-4,7,11,15H,5-6,8-9H2,1-2H3. The maximum atomic E-state index is 13.9. The molecule has 1 aliphatic rings. The highest BCUT2D eigenvalue weighted by Gasteiger charge is 2.32. The molecule has 2 rings (SSSR count). The molecule has 1 N–H and O–H groups in total. The minimum absolute atomic E-state index is 0.229. The molecule has 1 heterocycles. The van der Waals surface area contributed by atoms with Crippen LogP contribution >= 0.6 is 0 Å². The molecule has 1 fully saturated rings. The Labute approximate surface area is 118 Å². The number of nitrogens with one attached hydrogen (secondary N) is 1. The fraction of sp³-hybridized carbons (Fsp3) is 0.538. The third-order valence-electron chi connectivity index (χ3n) is 3.45. The Morgan fingerprint density at radius 2 is 2.25 bits per heavy atom. The van der Waals surface area contributed by atoms with Crippen molar-refractivity contribution in [3.8, 4) is 0 Å². The molecule has 1 saturated heterocycles. The number of hydrogen-bond donors (Lipinski definition) is 1. The number of ether oxygens (including phenoxy) is 1. The van der Waals surface area contributed by atoms with Crippen molar-refractivity contribution in [2.45, 2.75) is 23.9 Å². The van der Waals surface area contributed by atoms with Crippen LogP contribution in [-0.2, 0) is 21.3 Å². The van der Waals surface area contributed by atoms with Crippen molar-refractivity contribution in [2.24, 2.45) is 0 Å². The fourth-order valence-electron chi connectivity index (χ4n) is 2.22. The zero-order valence-electron chi connectivity index (χ0n) is 11.6. The van der Waals surface area contributed by atoms with Gasteiger partial charge in [0.05, 0.1) is 12.6 Å². The van der Waals surface area contributed by atoms with E-state index in [0.717, 1.165) is 5.56 Å². The Balaban J connectivity index is 2.34. The summed E-state index contributed by atoms with van der Waals surface area (Å²) in [5, 5.41) is 2.92. The van der Waals surface area contributed by atoms with Gasteiger partial charge in [0.25, 0.3) is 0 Å². The van der Waals surface area contributed by atoms with Gasteiger partial charge in [-0.25, -0.2) is 12.8 Å². The van der Waals surface area contributed by atoms with Crippen molar-refractivity contribution < 1.29 is 17.5 Å². The highest BCUT2D eigenvalue weighted by atomic mass is 32.2. The van der Waals surface area contributed by atoms with Crippen LogP contribution in [0.5, 0.6) is 0 Å². The average molecular weight is 302 g/mol. The summed E-state index contributed by atoms with van der Waals surface area (Å²) < 4.78 is 45.3. The molecule has 1 aromatic carbocycles. The number of likely N-dealkylation sites (N-methyl/N-ethyl adjacent to an activating group) is 1. The molecule has 0 radical (unpaired) electrons. The first-order chi connectivity index (χ1) is 9.46. The summed E-state index contributed by atoms with van der Waals surface area (Å²) in [6.45, 7) is 1.37. The van der Waals surface area contributed by atoms with Gasteiger partial charge in [-0.05, 0) is 31.2 Å².